The molecule has 1 aromatic carbocycles. The van der Waals surface area contributed by atoms with Crippen LogP contribution in [0, 0.1) is 13.8 Å². The molecule has 2 rings (SSSR count). The van der Waals surface area contributed by atoms with Crippen LogP contribution in [0.15, 0.2) is 27.8 Å². The first-order valence-electron chi connectivity index (χ1n) is 8.44. The molecule has 2 N–H and O–H groups in total. The van der Waals surface area contributed by atoms with Gasteiger partial charge in [-0.2, -0.15) is 0 Å². The van der Waals surface area contributed by atoms with Gasteiger partial charge in [0.05, 0.1) is 13.2 Å². The number of H-pyrrole nitrogens is 1. The van der Waals surface area contributed by atoms with Crippen LogP contribution in [0.3, 0.4) is 0 Å². The van der Waals surface area contributed by atoms with Gasteiger partial charge in [-0.3, -0.25) is 19.1 Å². The van der Waals surface area contributed by atoms with E-state index in [9.17, 15) is 14.4 Å². The molecule has 140 valence electrons. The molecule has 7 nitrogen and oxygen atoms in total. The number of hydrogen-bond acceptors (Lipinski definition) is 5. The topological polar surface area (TPSA) is 101 Å². The van der Waals surface area contributed by atoms with Gasteiger partial charge in [-0.1, -0.05) is 31.0 Å². The van der Waals surface area contributed by atoms with E-state index in [2.05, 4.69) is 4.98 Å². The summed E-state index contributed by atoms with van der Waals surface area (Å²) in [4.78, 5) is 40.1. The number of aromatic amines is 1. The lowest BCUT2D eigenvalue weighted by molar-refractivity contribution is 0.0437. The molecule has 1 aromatic heterocycles. The van der Waals surface area contributed by atoms with Gasteiger partial charge in [-0.25, -0.2) is 4.79 Å². The van der Waals surface area contributed by atoms with Crippen LogP contribution in [0.4, 0.5) is 0 Å². The van der Waals surface area contributed by atoms with Crippen molar-refractivity contribution in [2.75, 3.05) is 13.2 Å². The summed E-state index contributed by atoms with van der Waals surface area (Å²) >= 11 is 0. The predicted molar refractivity (Wildman–Crippen MR) is 97.8 cm³/mol. The summed E-state index contributed by atoms with van der Waals surface area (Å²) in [6, 6.07) is 5.39. The molecule has 0 aliphatic heterocycles. The maximum atomic E-state index is 13.2. The molecule has 0 fully saturated rings. The second-order valence-electron chi connectivity index (χ2n) is 6.57. The third-order valence-corrected chi connectivity index (χ3v) is 3.97. The number of hydrogen-bond donors (Lipinski definition) is 2. The molecule has 0 spiro atoms. The molecule has 0 saturated heterocycles. The number of rotatable bonds is 7. The highest BCUT2D eigenvalue weighted by molar-refractivity contribution is 6.09. The smallest absolute Gasteiger partial charge is 0.330 e. The number of ketones is 1. The lowest BCUT2D eigenvalue weighted by Crippen LogP contribution is -2.38. The molecular weight excluding hydrogens is 336 g/mol. The van der Waals surface area contributed by atoms with Crippen LogP contribution >= 0.6 is 0 Å². The Morgan fingerprint density at radius 3 is 2.35 bits per heavy atom. The number of aromatic nitrogens is 2. The Hall–Kier alpha value is -2.51. The van der Waals surface area contributed by atoms with Gasteiger partial charge in [0.15, 0.2) is 0 Å². The number of aryl methyl sites for hydroxylation is 2. The normalized spacial score (nSPS) is 11.2. The zero-order valence-corrected chi connectivity index (χ0v) is 15.5. The highest BCUT2D eigenvalue weighted by Gasteiger charge is 2.24. The molecular formula is C19H24N2O5. The minimum absolute atomic E-state index is 0.0137. The Morgan fingerprint density at radius 2 is 1.81 bits per heavy atom. The van der Waals surface area contributed by atoms with Crippen molar-refractivity contribution in [3.8, 4) is 0 Å². The van der Waals surface area contributed by atoms with Crippen molar-refractivity contribution in [2.45, 2.75) is 40.3 Å². The third kappa shape index (κ3) is 4.17. The Balaban J connectivity index is 2.71. The Kier molecular flexibility index (Phi) is 6.28. The van der Waals surface area contributed by atoms with E-state index in [1.807, 2.05) is 19.9 Å². The SMILES string of the molecule is Cc1cc(C)cc(C(=O)c2c(C(C)C)c(=O)[nH]c(=O)n2COCCO)c1. The number of nitrogens with one attached hydrogen (secondary N) is 1. The van der Waals surface area contributed by atoms with Crippen LogP contribution in [0.2, 0.25) is 0 Å². The Bertz CT molecular complexity index is 904. The average Bonchev–Trinajstić information content (AvgIpc) is 2.54. The molecule has 7 heteroatoms. The van der Waals surface area contributed by atoms with Crippen molar-refractivity contribution < 1.29 is 14.6 Å². The van der Waals surface area contributed by atoms with E-state index < -0.39 is 17.0 Å². The summed E-state index contributed by atoms with van der Waals surface area (Å²) in [5.74, 6) is -0.676. The van der Waals surface area contributed by atoms with Crippen molar-refractivity contribution in [2.24, 2.45) is 0 Å². The summed E-state index contributed by atoms with van der Waals surface area (Å²) < 4.78 is 6.35. The Morgan fingerprint density at radius 1 is 1.19 bits per heavy atom. The summed E-state index contributed by atoms with van der Waals surface area (Å²) in [6.45, 7) is 6.89. The molecule has 2 aromatic rings. The molecule has 0 aliphatic rings. The maximum Gasteiger partial charge on any atom is 0.330 e. The molecule has 0 unspecified atom stereocenters. The van der Waals surface area contributed by atoms with Crippen LogP contribution in [0.25, 0.3) is 0 Å². The van der Waals surface area contributed by atoms with Crippen molar-refractivity contribution >= 4 is 5.78 Å². The van der Waals surface area contributed by atoms with Crippen LogP contribution < -0.4 is 11.2 Å². The number of ether oxygens (including phenoxy) is 1. The molecule has 0 saturated carbocycles. The Labute approximate surface area is 151 Å². The van der Waals surface area contributed by atoms with Crippen molar-refractivity contribution in [1.29, 1.82) is 0 Å². The minimum Gasteiger partial charge on any atom is -0.394 e. The second-order valence-corrected chi connectivity index (χ2v) is 6.57. The van der Waals surface area contributed by atoms with Gasteiger partial charge in [0.2, 0.25) is 5.78 Å². The number of aliphatic hydroxyl groups is 1. The summed E-state index contributed by atoms with van der Waals surface area (Å²) in [5.41, 5.74) is 1.20. The molecule has 1 heterocycles. The quantitative estimate of drug-likeness (QED) is 0.575. The largest absolute Gasteiger partial charge is 0.394 e. The maximum absolute atomic E-state index is 13.2. The number of benzene rings is 1. The molecule has 0 radical (unpaired) electrons. The predicted octanol–water partition coefficient (Wildman–Crippen LogP) is 1.47. The van der Waals surface area contributed by atoms with E-state index in [4.69, 9.17) is 9.84 Å². The highest BCUT2D eigenvalue weighted by Crippen LogP contribution is 2.19. The minimum atomic E-state index is -0.718. The number of carbonyl (C=O) groups is 1. The average molecular weight is 360 g/mol. The third-order valence-electron chi connectivity index (χ3n) is 3.97. The van der Waals surface area contributed by atoms with Gasteiger partial charge in [0.1, 0.15) is 12.4 Å². The first kappa shape index (κ1) is 19.8. The van der Waals surface area contributed by atoms with Gasteiger partial charge < -0.3 is 9.84 Å². The zero-order chi connectivity index (χ0) is 19.4. The van der Waals surface area contributed by atoms with E-state index in [-0.39, 0.29) is 37.1 Å². The lowest BCUT2D eigenvalue weighted by Gasteiger charge is -2.17. The van der Waals surface area contributed by atoms with E-state index in [1.54, 1.807) is 26.0 Å². The van der Waals surface area contributed by atoms with Crippen molar-refractivity contribution in [3.63, 3.8) is 0 Å². The van der Waals surface area contributed by atoms with E-state index in [0.29, 0.717) is 5.56 Å². The second kappa shape index (κ2) is 8.25. The van der Waals surface area contributed by atoms with Gasteiger partial charge >= 0.3 is 5.69 Å². The first-order chi connectivity index (χ1) is 12.3. The monoisotopic (exact) mass is 360 g/mol. The van der Waals surface area contributed by atoms with E-state index >= 15 is 0 Å². The lowest BCUT2D eigenvalue weighted by atomic mass is 9.95. The molecule has 0 amide bonds. The molecule has 26 heavy (non-hydrogen) atoms. The van der Waals surface area contributed by atoms with E-state index in [0.717, 1.165) is 15.7 Å². The molecule has 0 aliphatic carbocycles. The fourth-order valence-electron chi connectivity index (χ4n) is 2.95. The number of aliphatic hydroxyl groups excluding tert-OH is 1. The van der Waals surface area contributed by atoms with Gasteiger partial charge in [0, 0.05) is 11.1 Å². The number of nitrogens with zero attached hydrogens (tertiary/aromatic N) is 1. The van der Waals surface area contributed by atoms with Crippen molar-refractivity contribution in [1.82, 2.24) is 9.55 Å². The first-order valence-corrected chi connectivity index (χ1v) is 8.44. The van der Waals surface area contributed by atoms with Crippen molar-refractivity contribution in [3.05, 3.63) is 67.0 Å². The van der Waals surface area contributed by atoms with Gasteiger partial charge in [0.25, 0.3) is 5.56 Å². The fraction of sp³-hybridized carbons (Fsp3) is 0.421. The molecule has 0 bridgehead atoms. The van der Waals surface area contributed by atoms with Gasteiger partial charge in [-0.05, 0) is 31.9 Å². The van der Waals surface area contributed by atoms with Crippen LogP contribution in [0.1, 0.15) is 52.5 Å². The standard InChI is InChI=1S/C19H24N2O5/c1-11(2)15-16(17(23)14-8-12(3)7-13(4)9-14)21(10-26-6-5-22)19(25)20-18(15)24/h7-9,11,22H,5-6,10H2,1-4H3,(H,20,24,25). The zero-order valence-electron chi connectivity index (χ0n) is 15.5. The van der Waals surface area contributed by atoms with Crippen LogP contribution in [0.5, 0.6) is 0 Å². The molecule has 0 atom stereocenters. The van der Waals surface area contributed by atoms with Crippen LogP contribution in [-0.2, 0) is 11.5 Å². The van der Waals surface area contributed by atoms with E-state index in [1.165, 1.54) is 0 Å². The fourth-order valence-corrected chi connectivity index (χ4v) is 2.95. The summed E-state index contributed by atoms with van der Waals surface area (Å²) in [7, 11) is 0. The summed E-state index contributed by atoms with van der Waals surface area (Å²) in [6.07, 6.45) is 0. The van der Waals surface area contributed by atoms with Gasteiger partial charge in [-0.15, -0.1) is 0 Å². The highest BCUT2D eigenvalue weighted by atomic mass is 16.5. The number of carbonyl (C=O) groups excluding carboxylic acids is 1. The summed E-state index contributed by atoms with van der Waals surface area (Å²) in [5, 5.41) is 8.88. The van der Waals surface area contributed by atoms with Crippen LogP contribution in [-0.4, -0.2) is 33.7 Å².